The van der Waals surface area contributed by atoms with Gasteiger partial charge in [-0.1, -0.05) is 42.5 Å². The molecule has 0 bridgehead atoms. The summed E-state index contributed by atoms with van der Waals surface area (Å²) in [6.07, 6.45) is 0. The number of nitrogens with one attached hydrogen (secondary N) is 1. The smallest absolute Gasteiger partial charge is 0.262 e. The second-order valence-corrected chi connectivity index (χ2v) is 6.36. The first-order valence-corrected chi connectivity index (χ1v) is 7.91. The maximum Gasteiger partial charge on any atom is 0.262 e. The lowest BCUT2D eigenvalue weighted by molar-refractivity contribution is 0.602. The van der Waals surface area contributed by atoms with Crippen molar-refractivity contribution >= 4 is 32.2 Å². The zero-order chi connectivity index (χ0) is 14.9. The standard InChI is InChI=1S/C16H14N2O2S/c17-13-7-4-8-14(11-13)18-21(19,20)16-10-3-6-12-5-1-2-9-15(12)16/h1-11,18H,17H2. The van der Waals surface area contributed by atoms with Crippen molar-refractivity contribution < 1.29 is 8.42 Å². The van der Waals surface area contributed by atoms with Crippen LogP contribution in [0.25, 0.3) is 10.8 Å². The Kier molecular flexibility index (Phi) is 3.27. The number of anilines is 2. The lowest BCUT2D eigenvalue weighted by Crippen LogP contribution is -2.13. The van der Waals surface area contributed by atoms with Crippen molar-refractivity contribution in [1.29, 1.82) is 0 Å². The highest BCUT2D eigenvalue weighted by molar-refractivity contribution is 7.93. The maximum absolute atomic E-state index is 12.6. The maximum atomic E-state index is 12.6. The number of nitrogens with two attached hydrogens (primary N) is 1. The summed E-state index contributed by atoms with van der Waals surface area (Å²) in [5.41, 5.74) is 6.63. The van der Waals surface area contributed by atoms with Gasteiger partial charge in [0.25, 0.3) is 10.0 Å². The van der Waals surface area contributed by atoms with Crippen LogP contribution in [0.15, 0.2) is 71.6 Å². The molecule has 4 nitrogen and oxygen atoms in total. The molecule has 3 N–H and O–H groups in total. The molecule has 0 radical (unpaired) electrons. The molecule has 0 saturated heterocycles. The molecule has 0 aliphatic rings. The molecule has 0 aliphatic heterocycles. The first-order chi connectivity index (χ1) is 10.1. The molecule has 3 aromatic rings. The largest absolute Gasteiger partial charge is 0.399 e. The quantitative estimate of drug-likeness (QED) is 0.729. The zero-order valence-corrected chi connectivity index (χ0v) is 12.0. The van der Waals surface area contributed by atoms with Crippen LogP contribution in [-0.2, 0) is 10.0 Å². The molecule has 0 spiro atoms. The van der Waals surface area contributed by atoms with Gasteiger partial charge < -0.3 is 5.73 Å². The van der Waals surface area contributed by atoms with Crippen LogP contribution in [0, 0.1) is 0 Å². The lowest BCUT2D eigenvalue weighted by Gasteiger charge is -2.11. The van der Waals surface area contributed by atoms with Gasteiger partial charge in [-0.25, -0.2) is 8.42 Å². The van der Waals surface area contributed by atoms with E-state index in [1.807, 2.05) is 24.3 Å². The summed E-state index contributed by atoms with van der Waals surface area (Å²) in [5.74, 6) is 0. The van der Waals surface area contributed by atoms with Crippen molar-refractivity contribution in [1.82, 2.24) is 0 Å². The Morgan fingerprint density at radius 2 is 1.57 bits per heavy atom. The van der Waals surface area contributed by atoms with Crippen LogP contribution in [0.2, 0.25) is 0 Å². The zero-order valence-electron chi connectivity index (χ0n) is 11.2. The molecule has 106 valence electrons. The van der Waals surface area contributed by atoms with Crippen molar-refractivity contribution in [3.05, 3.63) is 66.7 Å². The van der Waals surface area contributed by atoms with Gasteiger partial charge in [-0.2, -0.15) is 0 Å². The fourth-order valence-corrected chi connectivity index (χ4v) is 3.52. The number of rotatable bonds is 3. The van der Waals surface area contributed by atoms with Crippen LogP contribution in [0.1, 0.15) is 0 Å². The minimum absolute atomic E-state index is 0.253. The second kappa shape index (κ2) is 5.10. The van der Waals surface area contributed by atoms with E-state index in [1.54, 1.807) is 42.5 Å². The monoisotopic (exact) mass is 298 g/mol. The van der Waals surface area contributed by atoms with E-state index in [-0.39, 0.29) is 4.90 Å². The number of fused-ring (bicyclic) bond motifs is 1. The van der Waals surface area contributed by atoms with Crippen LogP contribution in [0.3, 0.4) is 0 Å². The van der Waals surface area contributed by atoms with Crippen LogP contribution in [0.4, 0.5) is 11.4 Å². The molecule has 0 aliphatic carbocycles. The van der Waals surface area contributed by atoms with E-state index < -0.39 is 10.0 Å². The number of sulfonamides is 1. The van der Waals surface area contributed by atoms with Crippen molar-refractivity contribution in [3.8, 4) is 0 Å². The number of hydrogen-bond donors (Lipinski definition) is 2. The molecule has 0 heterocycles. The highest BCUT2D eigenvalue weighted by Crippen LogP contribution is 2.25. The molecule has 3 aromatic carbocycles. The molecular weight excluding hydrogens is 284 g/mol. The summed E-state index contributed by atoms with van der Waals surface area (Å²) in [5, 5.41) is 1.57. The van der Waals surface area contributed by atoms with Crippen molar-refractivity contribution in [2.24, 2.45) is 0 Å². The van der Waals surface area contributed by atoms with Crippen molar-refractivity contribution in [2.75, 3.05) is 10.5 Å². The van der Waals surface area contributed by atoms with Crippen LogP contribution in [-0.4, -0.2) is 8.42 Å². The van der Waals surface area contributed by atoms with Crippen molar-refractivity contribution in [2.45, 2.75) is 4.90 Å². The number of benzene rings is 3. The third kappa shape index (κ3) is 2.68. The van der Waals surface area contributed by atoms with Gasteiger partial charge in [0.2, 0.25) is 0 Å². The first kappa shape index (κ1) is 13.5. The van der Waals surface area contributed by atoms with E-state index >= 15 is 0 Å². The Labute approximate surface area is 123 Å². The number of nitrogen functional groups attached to an aromatic ring is 1. The van der Waals surface area contributed by atoms with Gasteiger partial charge in [-0.05, 0) is 29.7 Å². The number of hydrogen-bond acceptors (Lipinski definition) is 3. The van der Waals surface area contributed by atoms with Crippen LogP contribution in [0.5, 0.6) is 0 Å². The Hall–Kier alpha value is -2.53. The molecule has 0 amide bonds. The highest BCUT2D eigenvalue weighted by atomic mass is 32.2. The lowest BCUT2D eigenvalue weighted by atomic mass is 10.1. The topological polar surface area (TPSA) is 72.2 Å². The van der Waals surface area contributed by atoms with E-state index in [0.717, 1.165) is 5.39 Å². The fourth-order valence-electron chi connectivity index (χ4n) is 2.24. The average molecular weight is 298 g/mol. The molecule has 5 heteroatoms. The van der Waals surface area contributed by atoms with Gasteiger partial charge in [-0.15, -0.1) is 0 Å². The minimum Gasteiger partial charge on any atom is -0.399 e. The summed E-state index contributed by atoms with van der Waals surface area (Å²) in [4.78, 5) is 0.253. The predicted octanol–water partition coefficient (Wildman–Crippen LogP) is 3.22. The summed E-state index contributed by atoms with van der Waals surface area (Å²) in [7, 11) is -3.66. The van der Waals surface area contributed by atoms with Gasteiger partial charge in [0, 0.05) is 11.1 Å². The third-order valence-electron chi connectivity index (χ3n) is 3.18. The summed E-state index contributed by atoms with van der Waals surface area (Å²) in [6, 6.07) is 19.2. The molecule has 0 fully saturated rings. The van der Waals surface area contributed by atoms with Crippen LogP contribution < -0.4 is 10.5 Å². The second-order valence-electron chi connectivity index (χ2n) is 4.71. The molecular formula is C16H14N2O2S. The molecule has 0 unspecified atom stereocenters. The molecule has 0 saturated carbocycles. The first-order valence-electron chi connectivity index (χ1n) is 6.42. The highest BCUT2D eigenvalue weighted by Gasteiger charge is 2.17. The van der Waals surface area contributed by atoms with Gasteiger partial charge in [-0.3, -0.25) is 4.72 Å². The molecule has 21 heavy (non-hydrogen) atoms. The SMILES string of the molecule is Nc1cccc(NS(=O)(=O)c2cccc3ccccc23)c1. The van der Waals surface area contributed by atoms with E-state index in [9.17, 15) is 8.42 Å². The average Bonchev–Trinajstić information content (AvgIpc) is 2.46. The van der Waals surface area contributed by atoms with E-state index in [4.69, 9.17) is 5.73 Å². The van der Waals surface area contributed by atoms with Gasteiger partial charge >= 0.3 is 0 Å². The normalized spacial score (nSPS) is 11.4. The summed E-state index contributed by atoms with van der Waals surface area (Å²) in [6.45, 7) is 0. The summed E-state index contributed by atoms with van der Waals surface area (Å²) < 4.78 is 27.7. The molecule has 0 aromatic heterocycles. The minimum atomic E-state index is -3.66. The Morgan fingerprint density at radius 3 is 2.38 bits per heavy atom. The van der Waals surface area contributed by atoms with E-state index in [1.165, 1.54) is 0 Å². The van der Waals surface area contributed by atoms with Gasteiger partial charge in [0.1, 0.15) is 0 Å². The van der Waals surface area contributed by atoms with E-state index in [2.05, 4.69) is 4.72 Å². The van der Waals surface area contributed by atoms with Gasteiger partial charge in [0.15, 0.2) is 0 Å². The Balaban J connectivity index is 2.09. The summed E-state index contributed by atoms with van der Waals surface area (Å²) >= 11 is 0. The third-order valence-corrected chi connectivity index (χ3v) is 4.62. The Bertz CT molecular complexity index is 900. The fraction of sp³-hybridized carbons (Fsp3) is 0. The van der Waals surface area contributed by atoms with Crippen LogP contribution >= 0.6 is 0 Å². The predicted molar refractivity (Wildman–Crippen MR) is 85.6 cm³/mol. The van der Waals surface area contributed by atoms with Gasteiger partial charge in [0.05, 0.1) is 10.6 Å². The molecule has 0 atom stereocenters. The van der Waals surface area contributed by atoms with Crippen molar-refractivity contribution in [3.63, 3.8) is 0 Å². The van der Waals surface area contributed by atoms with E-state index in [0.29, 0.717) is 16.8 Å². The Morgan fingerprint density at radius 1 is 0.857 bits per heavy atom. The molecule has 3 rings (SSSR count).